The molecule has 0 bridgehead atoms. The Morgan fingerprint density at radius 2 is 1.88 bits per heavy atom. The van der Waals surface area contributed by atoms with Crippen LogP contribution in [-0.2, 0) is 6.54 Å². The van der Waals surface area contributed by atoms with E-state index in [0.29, 0.717) is 33.9 Å². The van der Waals surface area contributed by atoms with Crippen molar-refractivity contribution < 1.29 is 22.7 Å². The van der Waals surface area contributed by atoms with Crippen molar-refractivity contribution in [2.24, 2.45) is 0 Å². The molecule has 1 aliphatic carbocycles. The summed E-state index contributed by atoms with van der Waals surface area (Å²) in [4.78, 5) is 14.2. The third-order valence-electron chi connectivity index (χ3n) is 7.42. The topological polar surface area (TPSA) is 94.3 Å². The van der Waals surface area contributed by atoms with E-state index in [0.717, 1.165) is 31.4 Å². The van der Waals surface area contributed by atoms with Gasteiger partial charge >= 0.3 is 6.18 Å². The van der Waals surface area contributed by atoms with E-state index in [2.05, 4.69) is 46.8 Å². The van der Waals surface area contributed by atoms with E-state index in [1.807, 2.05) is 12.1 Å². The standard InChI is InChI=1S/C31H35F3N6O2/c1-36-30(41)21-9-14-27(29(18-21)42-17-15-35)37-16-5-6-24-19-25-26(38-22-10-12-23(13-11-22)39(2)3)7-4-8-28(25)40(24)20-31(32,33)34/h4,7-9,14,18-19,22-23,37-38H,10-13,16-17,20H2,1-3H3,(H,36,41). The van der Waals surface area contributed by atoms with Crippen LogP contribution < -0.4 is 20.7 Å². The van der Waals surface area contributed by atoms with Gasteiger partial charge in [-0.05, 0) is 82.1 Å². The molecule has 0 saturated heterocycles. The van der Waals surface area contributed by atoms with Gasteiger partial charge in [0, 0.05) is 35.8 Å². The van der Waals surface area contributed by atoms with Crippen LogP contribution in [0.1, 0.15) is 41.7 Å². The van der Waals surface area contributed by atoms with Crippen molar-refractivity contribution in [3.8, 4) is 23.7 Å². The smallest absolute Gasteiger partial charge is 0.406 e. The van der Waals surface area contributed by atoms with Gasteiger partial charge in [-0.15, -0.1) is 0 Å². The van der Waals surface area contributed by atoms with Crippen molar-refractivity contribution in [2.75, 3.05) is 44.9 Å². The number of carbonyl (C=O) groups excluding carboxylic acids is 1. The van der Waals surface area contributed by atoms with E-state index in [1.54, 1.807) is 30.3 Å². The van der Waals surface area contributed by atoms with Gasteiger partial charge in [0.25, 0.3) is 5.91 Å². The van der Waals surface area contributed by atoms with Crippen LogP contribution in [-0.4, -0.2) is 67.9 Å². The largest absolute Gasteiger partial charge is 0.477 e. The van der Waals surface area contributed by atoms with Crippen molar-refractivity contribution in [2.45, 2.75) is 50.5 Å². The van der Waals surface area contributed by atoms with E-state index in [4.69, 9.17) is 10.00 Å². The minimum Gasteiger partial charge on any atom is -0.477 e. The summed E-state index contributed by atoms with van der Waals surface area (Å²) >= 11 is 0. The number of alkyl halides is 3. The van der Waals surface area contributed by atoms with E-state index >= 15 is 0 Å². The molecule has 1 heterocycles. The molecule has 0 aliphatic heterocycles. The van der Waals surface area contributed by atoms with Crippen LogP contribution in [0.5, 0.6) is 5.75 Å². The van der Waals surface area contributed by atoms with Gasteiger partial charge in [-0.3, -0.25) is 4.79 Å². The highest BCUT2D eigenvalue weighted by Crippen LogP contribution is 2.32. The third kappa shape index (κ3) is 7.68. The monoisotopic (exact) mass is 580 g/mol. The van der Waals surface area contributed by atoms with Crippen LogP contribution in [0.15, 0.2) is 42.5 Å². The molecule has 1 fully saturated rings. The second kappa shape index (κ2) is 13.5. The fraction of sp³-hybridized carbons (Fsp3) is 0.419. The zero-order chi connectivity index (χ0) is 30.3. The number of ether oxygens (including phenoxy) is 1. The van der Waals surface area contributed by atoms with Crippen LogP contribution in [0, 0.1) is 23.2 Å². The number of fused-ring (bicyclic) bond motifs is 1. The summed E-state index contributed by atoms with van der Waals surface area (Å²) in [5, 5.41) is 18.8. The Bertz CT molecular complexity index is 1510. The minimum absolute atomic E-state index is 0.0933. The summed E-state index contributed by atoms with van der Waals surface area (Å²) in [5.74, 6) is 5.80. The highest BCUT2D eigenvalue weighted by atomic mass is 19.4. The van der Waals surface area contributed by atoms with Gasteiger partial charge in [-0.2, -0.15) is 18.4 Å². The second-order valence-corrected chi connectivity index (χ2v) is 10.5. The number of hydrogen-bond donors (Lipinski definition) is 3. The Kier molecular flexibility index (Phi) is 9.87. The van der Waals surface area contributed by atoms with Crippen molar-refractivity contribution >= 4 is 28.2 Å². The van der Waals surface area contributed by atoms with Gasteiger partial charge in [-0.1, -0.05) is 12.0 Å². The third-order valence-corrected chi connectivity index (χ3v) is 7.42. The molecular weight excluding hydrogens is 545 g/mol. The van der Waals surface area contributed by atoms with E-state index < -0.39 is 12.7 Å². The number of halogens is 3. The van der Waals surface area contributed by atoms with Crippen LogP contribution in [0.25, 0.3) is 10.9 Å². The number of nitriles is 1. The van der Waals surface area contributed by atoms with E-state index in [-0.39, 0.29) is 30.8 Å². The number of benzene rings is 2. The van der Waals surface area contributed by atoms with Crippen molar-refractivity contribution in [3.63, 3.8) is 0 Å². The van der Waals surface area contributed by atoms with Gasteiger partial charge in [-0.25, -0.2) is 0 Å². The molecule has 1 amide bonds. The predicted octanol–water partition coefficient (Wildman–Crippen LogP) is 5.21. The fourth-order valence-corrected chi connectivity index (χ4v) is 5.28. The van der Waals surface area contributed by atoms with Gasteiger partial charge < -0.3 is 30.2 Å². The molecule has 3 N–H and O–H groups in total. The highest BCUT2D eigenvalue weighted by Gasteiger charge is 2.30. The molecule has 42 heavy (non-hydrogen) atoms. The molecule has 1 aromatic heterocycles. The molecule has 11 heteroatoms. The van der Waals surface area contributed by atoms with Crippen molar-refractivity contribution in [1.29, 1.82) is 5.26 Å². The Hall–Kier alpha value is -4.35. The predicted molar refractivity (Wildman–Crippen MR) is 158 cm³/mol. The van der Waals surface area contributed by atoms with Gasteiger partial charge in [0.05, 0.1) is 23.4 Å². The summed E-state index contributed by atoms with van der Waals surface area (Å²) in [6.07, 6.45) is -0.307. The maximum absolute atomic E-state index is 13.6. The minimum atomic E-state index is -4.42. The summed E-state index contributed by atoms with van der Waals surface area (Å²) in [6, 6.07) is 14.5. The summed E-state index contributed by atoms with van der Waals surface area (Å²) in [6.45, 7) is -1.28. The maximum atomic E-state index is 13.6. The number of nitrogens with zero attached hydrogens (tertiary/aromatic N) is 3. The zero-order valence-corrected chi connectivity index (χ0v) is 23.9. The Morgan fingerprint density at radius 1 is 1.12 bits per heavy atom. The molecular formula is C31H35F3N6O2. The van der Waals surface area contributed by atoms with Gasteiger partial charge in [0.1, 0.15) is 18.4 Å². The highest BCUT2D eigenvalue weighted by molar-refractivity contribution is 5.95. The number of nitrogens with one attached hydrogen (secondary N) is 3. The Morgan fingerprint density at radius 3 is 2.55 bits per heavy atom. The number of hydrogen-bond acceptors (Lipinski definition) is 6. The van der Waals surface area contributed by atoms with Gasteiger partial charge in [0.15, 0.2) is 6.61 Å². The van der Waals surface area contributed by atoms with E-state index in [9.17, 15) is 18.0 Å². The Balaban J connectivity index is 1.56. The molecule has 0 unspecified atom stereocenters. The van der Waals surface area contributed by atoms with Gasteiger partial charge in [0.2, 0.25) is 0 Å². The van der Waals surface area contributed by atoms with Crippen LogP contribution in [0.4, 0.5) is 24.5 Å². The van der Waals surface area contributed by atoms with E-state index in [1.165, 1.54) is 17.7 Å². The number of amides is 1. The average molecular weight is 581 g/mol. The number of aromatic nitrogens is 1. The summed E-state index contributed by atoms with van der Waals surface area (Å²) < 4.78 is 47.5. The first-order valence-electron chi connectivity index (χ1n) is 13.8. The first-order chi connectivity index (χ1) is 20.1. The number of anilines is 2. The van der Waals surface area contributed by atoms with Crippen LogP contribution in [0.3, 0.4) is 0 Å². The molecule has 8 nitrogen and oxygen atoms in total. The lowest BCUT2D eigenvalue weighted by molar-refractivity contribution is -0.140. The fourth-order valence-electron chi connectivity index (χ4n) is 5.28. The zero-order valence-electron chi connectivity index (χ0n) is 23.9. The lowest BCUT2D eigenvalue weighted by Crippen LogP contribution is -2.36. The second-order valence-electron chi connectivity index (χ2n) is 10.5. The molecule has 2 aromatic carbocycles. The summed E-state index contributed by atoms with van der Waals surface area (Å²) in [5.41, 5.74) is 2.38. The van der Waals surface area contributed by atoms with Crippen molar-refractivity contribution in [3.05, 3.63) is 53.7 Å². The Labute approximate surface area is 243 Å². The number of rotatable bonds is 9. The molecule has 0 atom stereocenters. The molecule has 1 aliphatic rings. The van der Waals surface area contributed by atoms with Crippen molar-refractivity contribution in [1.82, 2.24) is 14.8 Å². The van der Waals surface area contributed by atoms with Crippen LogP contribution >= 0.6 is 0 Å². The molecule has 222 valence electrons. The number of carbonyl (C=O) groups is 1. The summed E-state index contributed by atoms with van der Waals surface area (Å²) in [7, 11) is 5.68. The first kappa shape index (κ1) is 30.6. The molecule has 0 spiro atoms. The quantitative estimate of drug-likeness (QED) is 0.301. The lowest BCUT2D eigenvalue weighted by Gasteiger charge is -2.33. The molecule has 3 aromatic rings. The lowest BCUT2D eigenvalue weighted by atomic mass is 9.90. The average Bonchev–Trinajstić information content (AvgIpc) is 3.30. The first-order valence-corrected chi connectivity index (χ1v) is 13.8. The normalized spacial score (nSPS) is 16.8. The maximum Gasteiger partial charge on any atom is 0.406 e. The molecule has 4 rings (SSSR count). The van der Waals surface area contributed by atoms with Crippen LogP contribution in [0.2, 0.25) is 0 Å². The molecule has 1 saturated carbocycles. The SMILES string of the molecule is CNC(=O)c1ccc(NCC#Cc2cc3c(NC4CCC(N(C)C)CC4)cccc3n2CC(F)(F)F)c(OCC#N)c1. The molecule has 0 radical (unpaired) electrons.